The summed E-state index contributed by atoms with van der Waals surface area (Å²) in [6.07, 6.45) is 11.5. The average Bonchev–Trinajstić information content (AvgIpc) is 2.51. The molecule has 3 heteroatoms. The summed E-state index contributed by atoms with van der Waals surface area (Å²) in [5.74, 6) is 1.99. The highest BCUT2D eigenvalue weighted by atomic mass is 15.0. The fraction of sp³-hybridized carbons (Fsp3) is 0.846. The van der Waals surface area contributed by atoms with Gasteiger partial charge in [0, 0.05) is 11.8 Å². The first-order valence-corrected chi connectivity index (χ1v) is 6.71. The van der Waals surface area contributed by atoms with Crippen molar-refractivity contribution >= 4 is 11.7 Å². The molecule has 1 saturated carbocycles. The van der Waals surface area contributed by atoms with Crippen molar-refractivity contribution in [1.29, 1.82) is 5.41 Å². The van der Waals surface area contributed by atoms with Crippen LogP contribution in [0.4, 0.5) is 0 Å². The number of aliphatic imine (C=N–C) groups is 1. The number of nitrogens with two attached hydrogens (primary N) is 1. The van der Waals surface area contributed by atoms with E-state index in [9.17, 15) is 0 Å². The standard InChI is InChI=1S/C13H23N3/c14-12-10-8-6-4-2-1-3-5-7-9-11(10)13(15)16-12/h10-11H,1-9H2,(H3,14,15,16). The van der Waals surface area contributed by atoms with Crippen molar-refractivity contribution in [3.63, 3.8) is 0 Å². The monoisotopic (exact) mass is 221 g/mol. The molecule has 1 aliphatic carbocycles. The first kappa shape index (κ1) is 11.6. The van der Waals surface area contributed by atoms with Crippen molar-refractivity contribution in [3.05, 3.63) is 0 Å². The smallest absolute Gasteiger partial charge is 0.126 e. The molecule has 2 aliphatic rings. The van der Waals surface area contributed by atoms with E-state index in [4.69, 9.17) is 11.1 Å². The first-order chi connectivity index (χ1) is 7.79. The lowest BCUT2D eigenvalue weighted by atomic mass is 9.85. The van der Waals surface area contributed by atoms with Gasteiger partial charge in [-0.1, -0.05) is 44.9 Å². The molecule has 0 spiro atoms. The normalized spacial score (nSPS) is 32.8. The number of hydrogen-bond donors (Lipinski definition) is 2. The Morgan fingerprint density at radius 3 is 2.00 bits per heavy atom. The van der Waals surface area contributed by atoms with Crippen LogP contribution in [0.5, 0.6) is 0 Å². The van der Waals surface area contributed by atoms with Crippen molar-refractivity contribution in [2.45, 2.75) is 57.8 Å². The quantitative estimate of drug-likeness (QED) is 0.648. The molecule has 0 amide bonds. The van der Waals surface area contributed by atoms with Gasteiger partial charge in [0.1, 0.15) is 11.7 Å². The van der Waals surface area contributed by atoms with Crippen LogP contribution in [-0.4, -0.2) is 11.7 Å². The minimum atomic E-state index is 0.332. The predicted octanol–water partition coefficient (Wildman–Crippen LogP) is 3.09. The summed E-state index contributed by atoms with van der Waals surface area (Å²) < 4.78 is 0. The molecule has 1 heterocycles. The van der Waals surface area contributed by atoms with Crippen LogP contribution in [-0.2, 0) is 0 Å². The second-order valence-electron chi connectivity index (χ2n) is 5.19. The zero-order chi connectivity index (χ0) is 11.4. The Kier molecular flexibility index (Phi) is 3.97. The Morgan fingerprint density at radius 1 is 0.875 bits per heavy atom. The van der Waals surface area contributed by atoms with Gasteiger partial charge in [0.2, 0.25) is 0 Å². The van der Waals surface area contributed by atoms with Gasteiger partial charge in [-0.15, -0.1) is 0 Å². The Bertz CT molecular complexity index is 283. The molecule has 2 atom stereocenters. The van der Waals surface area contributed by atoms with Gasteiger partial charge in [0.15, 0.2) is 0 Å². The minimum Gasteiger partial charge on any atom is -0.387 e. The van der Waals surface area contributed by atoms with Crippen LogP contribution >= 0.6 is 0 Å². The van der Waals surface area contributed by atoms with Gasteiger partial charge in [-0.05, 0) is 12.8 Å². The summed E-state index contributed by atoms with van der Waals surface area (Å²) >= 11 is 0. The highest BCUT2D eigenvalue weighted by molar-refractivity contribution is 6.04. The lowest BCUT2D eigenvalue weighted by Crippen LogP contribution is -2.26. The van der Waals surface area contributed by atoms with E-state index >= 15 is 0 Å². The average molecular weight is 221 g/mol. The van der Waals surface area contributed by atoms with Gasteiger partial charge in [-0.25, -0.2) is 4.99 Å². The predicted molar refractivity (Wildman–Crippen MR) is 67.9 cm³/mol. The molecule has 3 nitrogen and oxygen atoms in total. The highest BCUT2D eigenvalue weighted by Gasteiger charge is 2.33. The maximum atomic E-state index is 7.89. The summed E-state index contributed by atoms with van der Waals surface area (Å²) in [4.78, 5) is 4.18. The number of fused-ring (bicyclic) bond motifs is 1. The van der Waals surface area contributed by atoms with Crippen LogP contribution in [0.1, 0.15) is 57.8 Å². The van der Waals surface area contributed by atoms with Gasteiger partial charge in [-0.2, -0.15) is 0 Å². The number of rotatable bonds is 0. The van der Waals surface area contributed by atoms with Crippen LogP contribution in [0, 0.1) is 17.2 Å². The van der Waals surface area contributed by atoms with Crippen molar-refractivity contribution in [2.24, 2.45) is 22.6 Å². The lowest BCUT2D eigenvalue weighted by Gasteiger charge is -2.18. The van der Waals surface area contributed by atoms with E-state index < -0.39 is 0 Å². The fourth-order valence-electron chi connectivity index (χ4n) is 3.00. The summed E-state index contributed by atoms with van der Waals surface area (Å²) in [7, 11) is 0. The molecule has 90 valence electrons. The van der Waals surface area contributed by atoms with E-state index in [0.717, 1.165) is 18.7 Å². The van der Waals surface area contributed by atoms with Crippen molar-refractivity contribution in [3.8, 4) is 0 Å². The van der Waals surface area contributed by atoms with Crippen LogP contribution in [0.3, 0.4) is 0 Å². The van der Waals surface area contributed by atoms with E-state index in [1.54, 1.807) is 0 Å². The first-order valence-electron chi connectivity index (χ1n) is 6.71. The van der Waals surface area contributed by atoms with Crippen LogP contribution in [0.2, 0.25) is 0 Å². The second-order valence-corrected chi connectivity index (χ2v) is 5.19. The maximum absolute atomic E-state index is 7.89. The number of hydrogen-bond acceptors (Lipinski definition) is 2. The minimum absolute atomic E-state index is 0.332. The van der Waals surface area contributed by atoms with Gasteiger partial charge < -0.3 is 5.73 Å². The third kappa shape index (κ3) is 2.63. The van der Waals surface area contributed by atoms with Gasteiger partial charge >= 0.3 is 0 Å². The van der Waals surface area contributed by atoms with E-state index in [1.807, 2.05) is 0 Å². The number of nitrogens with one attached hydrogen (secondary N) is 1. The SMILES string of the molecule is N=C1N=C(N)C2CCCCCCCCCC12. The molecule has 16 heavy (non-hydrogen) atoms. The molecule has 0 saturated heterocycles. The Balaban J connectivity index is 1.99. The van der Waals surface area contributed by atoms with Crippen LogP contribution < -0.4 is 5.73 Å². The van der Waals surface area contributed by atoms with Crippen molar-refractivity contribution in [2.75, 3.05) is 0 Å². The van der Waals surface area contributed by atoms with E-state index in [2.05, 4.69) is 4.99 Å². The molecule has 1 aliphatic heterocycles. The van der Waals surface area contributed by atoms with E-state index in [1.165, 1.54) is 44.9 Å². The molecule has 0 aromatic carbocycles. The lowest BCUT2D eigenvalue weighted by molar-refractivity contribution is 0.448. The van der Waals surface area contributed by atoms with Crippen LogP contribution in [0.25, 0.3) is 0 Å². The summed E-state index contributed by atoms with van der Waals surface area (Å²) in [6.45, 7) is 0. The molecule has 3 N–H and O–H groups in total. The third-order valence-electron chi connectivity index (χ3n) is 4.00. The Morgan fingerprint density at radius 2 is 1.38 bits per heavy atom. The summed E-state index contributed by atoms with van der Waals surface area (Å²) in [5, 5.41) is 7.89. The van der Waals surface area contributed by atoms with E-state index in [0.29, 0.717) is 17.7 Å². The van der Waals surface area contributed by atoms with Crippen molar-refractivity contribution < 1.29 is 0 Å². The van der Waals surface area contributed by atoms with Gasteiger partial charge in [0.05, 0.1) is 0 Å². The zero-order valence-electron chi connectivity index (χ0n) is 10.0. The molecule has 0 aromatic heterocycles. The molecule has 2 unspecified atom stereocenters. The third-order valence-corrected chi connectivity index (χ3v) is 4.00. The number of nitrogens with zero attached hydrogens (tertiary/aromatic N) is 1. The molecule has 0 bridgehead atoms. The maximum Gasteiger partial charge on any atom is 0.126 e. The molecule has 2 rings (SSSR count). The van der Waals surface area contributed by atoms with Crippen LogP contribution in [0.15, 0.2) is 4.99 Å². The zero-order valence-corrected chi connectivity index (χ0v) is 10.0. The highest BCUT2D eigenvalue weighted by Crippen LogP contribution is 2.31. The van der Waals surface area contributed by atoms with Gasteiger partial charge in [0.25, 0.3) is 0 Å². The molecule has 0 aromatic rings. The number of amidine groups is 2. The topological polar surface area (TPSA) is 62.2 Å². The van der Waals surface area contributed by atoms with Gasteiger partial charge in [-0.3, -0.25) is 5.41 Å². The molecule has 1 fully saturated rings. The molecule has 0 radical (unpaired) electrons. The largest absolute Gasteiger partial charge is 0.387 e. The second kappa shape index (κ2) is 5.46. The summed E-state index contributed by atoms with van der Waals surface area (Å²) in [5.41, 5.74) is 5.94. The Labute approximate surface area is 98.0 Å². The Hall–Kier alpha value is -0.860. The fourth-order valence-corrected chi connectivity index (χ4v) is 3.00. The van der Waals surface area contributed by atoms with Crippen molar-refractivity contribution in [1.82, 2.24) is 0 Å². The molecular formula is C13H23N3. The summed E-state index contributed by atoms with van der Waals surface area (Å²) in [6, 6.07) is 0. The van der Waals surface area contributed by atoms with E-state index in [-0.39, 0.29) is 0 Å². The molecular weight excluding hydrogens is 198 g/mol.